The highest BCUT2D eigenvalue weighted by Crippen LogP contribution is 2.55. The van der Waals surface area contributed by atoms with E-state index in [1.165, 1.54) is 0 Å². The maximum Gasteiger partial charge on any atom is 0.241 e. The predicted octanol–water partition coefficient (Wildman–Crippen LogP) is 2.95. The molecule has 19 heavy (non-hydrogen) atoms. The fourth-order valence-corrected chi connectivity index (χ4v) is 4.69. The molecule has 0 amide bonds. The third kappa shape index (κ3) is 3.08. The molecule has 4 nitrogen and oxygen atoms in total. The first-order valence-corrected chi connectivity index (χ1v) is 7.89. The molecular weight excluding hydrogens is 257 g/mol. The molecule has 1 atom stereocenters. The number of para-hydroxylation sites is 1. The Bertz CT molecular complexity index is 447. The van der Waals surface area contributed by atoms with Gasteiger partial charge >= 0.3 is 0 Å². The number of rotatable bonds is 6. The number of hydrogen-bond donors (Lipinski definition) is 0. The van der Waals surface area contributed by atoms with Crippen LogP contribution < -0.4 is 4.90 Å². The highest BCUT2D eigenvalue weighted by molar-refractivity contribution is 7.60. The van der Waals surface area contributed by atoms with Gasteiger partial charge in [-0.05, 0) is 40.3 Å². The monoisotopic (exact) mass is 281 g/mol. The van der Waals surface area contributed by atoms with Gasteiger partial charge in [-0.1, -0.05) is 24.3 Å². The SMILES string of the molecule is C=CC(N(C)c1ccccc1)P(=O)(N(C)C)N(C)C. The zero-order valence-corrected chi connectivity index (χ0v) is 13.3. The third-order valence-electron chi connectivity index (χ3n) is 3.26. The molecule has 0 aliphatic heterocycles. The maximum absolute atomic E-state index is 13.3. The van der Waals surface area contributed by atoms with Crippen LogP contribution in [0.4, 0.5) is 5.69 Å². The smallest absolute Gasteiger partial charge is 0.241 e. The summed E-state index contributed by atoms with van der Waals surface area (Å²) in [5.74, 6) is -0.264. The van der Waals surface area contributed by atoms with E-state index in [9.17, 15) is 4.57 Å². The molecule has 1 rings (SSSR count). The number of nitrogens with zero attached hydrogens (tertiary/aromatic N) is 3. The molecule has 0 radical (unpaired) electrons. The van der Waals surface area contributed by atoms with Crippen molar-refractivity contribution in [1.29, 1.82) is 0 Å². The van der Waals surface area contributed by atoms with E-state index >= 15 is 0 Å². The first kappa shape index (κ1) is 16.0. The quantitative estimate of drug-likeness (QED) is 0.591. The molecule has 0 spiro atoms. The summed E-state index contributed by atoms with van der Waals surface area (Å²) in [7, 11) is 6.60. The molecule has 5 heteroatoms. The number of anilines is 1. The van der Waals surface area contributed by atoms with Crippen molar-refractivity contribution in [3.8, 4) is 0 Å². The van der Waals surface area contributed by atoms with Gasteiger partial charge in [0, 0.05) is 12.7 Å². The van der Waals surface area contributed by atoms with Crippen LogP contribution in [0.2, 0.25) is 0 Å². The Kier molecular flexibility index (Phi) is 5.36. The second kappa shape index (κ2) is 6.38. The Morgan fingerprint density at radius 2 is 1.53 bits per heavy atom. The Balaban J connectivity index is 3.19. The highest BCUT2D eigenvalue weighted by Gasteiger charge is 2.38. The van der Waals surface area contributed by atoms with E-state index in [0.29, 0.717) is 0 Å². The zero-order valence-electron chi connectivity index (χ0n) is 12.4. The van der Waals surface area contributed by atoms with Crippen LogP contribution >= 0.6 is 7.44 Å². The van der Waals surface area contributed by atoms with Gasteiger partial charge in [-0.2, -0.15) is 0 Å². The minimum Gasteiger partial charge on any atom is -0.359 e. The molecule has 0 aromatic heterocycles. The minimum atomic E-state index is -2.72. The number of likely N-dealkylation sites (N-methyl/N-ethyl adjacent to an activating group) is 1. The Hall–Kier alpha value is -1.09. The summed E-state index contributed by atoms with van der Waals surface area (Å²) >= 11 is 0. The highest BCUT2D eigenvalue weighted by atomic mass is 31.2. The fourth-order valence-electron chi connectivity index (χ4n) is 2.17. The lowest BCUT2D eigenvalue weighted by Gasteiger charge is -2.40. The lowest BCUT2D eigenvalue weighted by atomic mass is 10.3. The average Bonchev–Trinajstić information content (AvgIpc) is 2.39. The van der Waals surface area contributed by atoms with Gasteiger partial charge in [-0.15, -0.1) is 6.58 Å². The molecular formula is C14H24N3OP. The van der Waals surface area contributed by atoms with Gasteiger partial charge in [0.15, 0.2) is 0 Å². The van der Waals surface area contributed by atoms with Gasteiger partial charge in [0.2, 0.25) is 7.44 Å². The normalized spacial score (nSPS) is 13.6. The van der Waals surface area contributed by atoms with Crippen molar-refractivity contribution in [2.24, 2.45) is 0 Å². The predicted molar refractivity (Wildman–Crippen MR) is 83.8 cm³/mol. The molecule has 1 aromatic carbocycles. The van der Waals surface area contributed by atoms with Gasteiger partial charge in [-0.3, -0.25) is 4.57 Å². The van der Waals surface area contributed by atoms with E-state index in [1.54, 1.807) is 15.4 Å². The fraction of sp³-hybridized carbons (Fsp3) is 0.429. The second-order valence-corrected chi connectivity index (χ2v) is 8.19. The van der Waals surface area contributed by atoms with Crippen LogP contribution in [0.5, 0.6) is 0 Å². The number of benzene rings is 1. The molecule has 0 aliphatic carbocycles. The van der Waals surface area contributed by atoms with E-state index in [4.69, 9.17) is 0 Å². The average molecular weight is 281 g/mol. The van der Waals surface area contributed by atoms with Crippen molar-refractivity contribution < 1.29 is 4.57 Å². The second-order valence-electron chi connectivity index (χ2n) is 4.88. The molecule has 1 aromatic rings. The Morgan fingerprint density at radius 1 is 1.05 bits per heavy atom. The van der Waals surface area contributed by atoms with Crippen molar-refractivity contribution in [3.05, 3.63) is 43.0 Å². The van der Waals surface area contributed by atoms with Gasteiger partial charge in [0.1, 0.15) is 5.78 Å². The molecule has 0 heterocycles. The molecule has 0 N–H and O–H groups in total. The molecule has 106 valence electrons. The lowest BCUT2D eigenvalue weighted by molar-refractivity contribution is 0.439. The van der Waals surface area contributed by atoms with Gasteiger partial charge in [-0.25, -0.2) is 9.34 Å². The van der Waals surface area contributed by atoms with Gasteiger partial charge < -0.3 is 4.90 Å². The lowest BCUT2D eigenvalue weighted by Crippen LogP contribution is -2.38. The van der Waals surface area contributed by atoms with Crippen LogP contribution in [0.1, 0.15) is 0 Å². The van der Waals surface area contributed by atoms with Gasteiger partial charge in [0.05, 0.1) is 0 Å². The van der Waals surface area contributed by atoms with Crippen LogP contribution in [0.3, 0.4) is 0 Å². The summed E-state index contributed by atoms with van der Waals surface area (Å²) in [5, 5.41) is 0. The Labute approximate surface area is 116 Å². The molecule has 0 saturated carbocycles. The summed E-state index contributed by atoms with van der Waals surface area (Å²) in [4.78, 5) is 2.01. The topological polar surface area (TPSA) is 26.8 Å². The summed E-state index contributed by atoms with van der Waals surface area (Å²) < 4.78 is 16.9. The molecule has 0 bridgehead atoms. The molecule has 0 saturated heterocycles. The minimum absolute atomic E-state index is 0.264. The standard InChI is InChI=1S/C14H24N3OP/c1-7-14(19(18,15(2)3)16(4)5)17(6)13-11-9-8-10-12-13/h7-12,14H,1H2,2-6H3. The molecule has 0 aliphatic rings. The number of hydrogen-bond acceptors (Lipinski definition) is 2. The van der Waals surface area contributed by atoms with Crippen molar-refractivity contribution in [2.45, 2.75) is 5.78 Å². The van der Waals surface area contributed by atoms with Crippen LogP contribution in [0, 0.1) is 0 Å². The van der Waals surface area contributed by atoms with Crippen molar-refractivity contribution >= 4 is 13.1 Å². The molecule has 0 fully saturated rings. The Morgan fingerprint density at radius 3 is 1.89 bits per heavy atom. The maximum atomic E-state index is 13.3. The van der Waals surface area contributed by atoms with Crippen LogP contribution in [0.25, 0.3) is 0 Å². The molecule has 1 unspecified atom stereocenters. The van der Waals surface area contributed by atoms with Crippen molar-refractivity contribution in [2.75, 3.05) is 40.1 Å². The first-order valence-electron chi connectivity index (χ1n) is 6.21. The van der Waals surface area contributed by atoms with Crippen LogP contribution in [-0.2, 0) is 4.57 Å². The largest absolute Gasteiger partial charge is 0.359 e. The van der Waals surface area contributed by atoms with E-state index < -0.39 is 7.44 Å². The van der Waals surface area contributed by atoms with Crippen molar-refractivity contribution in [1.82, 2.24) is 9.34 Å². The van der Waals surface area contributed by atoms with Crippen LogP contribution in [-0.4, -0.2) is 50.4 Å². The third-order valence-corrected chi connectivity index (χ3v) is 6.80. The summed E-state index contributed by atoms with van der Waals surface area (Å²) in [5.41, 5.74) is 1.02. The van der Waals surface area contributed by atoms with Crippen LogP contribution in [0.15, 0.2) is 43.0 Å². The summed E-state index contributed by atoms with van der Waals surface area (Å²) in [6, 6.07) is 9.93. The summed E-state index contributed by atoms with van der Waals surface area (Å²) in [6.07, 6.45) is 1.76. The van der Waals surface area contributed by atoms with Crippen molar-refractivity contribution in [3.63, 3.8) is 0 Å². The van der Waals surface area contributed by atoms with E-state index in [2.05, 4.69) is 6.58 Å². The van der Waals surface area contributed by atoms with Gasteiger partial charge in [0.25, 0.3) is 0 Å². The zero-order chi connectivity index (χ0) is 14.6. The van der Waals surface area contributed by atoms with E-state index in [0.717, 1.165) is 5.69 Å². The van der Waals surface area contributed by atoms with E-state index in [-0.39, 0.29) is 5.78 Å². The first-order chi connectivity index (χ1) is 8.85. The summed E-state index contributed by atoms with van der Waals surface area (Å²) in [6.45, 7) is 3.87. The van der Waals surface area contributed by atoms with E-state index in [1.807, 2.05) is 70.5 Å².